The van der Waals surface area contributed by atoms with Gasteiger partial charge in [-0.2, -0.15) is 0 Å². The average Bonchev–Trinajstić information content (AvgIpc) is 2.68. The first kappa shape index (κ1) is 20.1. The number of hydrogen-bond donors (Lipinski definition) is 0. The van der Waals surface area contributed by atoms with Gasteiger partial charge in [0, 0.05) is 21.2 Å². The van der Waals surface area contributed by atoms with Crippen LogP contribution in [0.5, 0.6) is 0 Å². The molecule has 0 spiro atoms. The molecule has 0 atom stereocenters. The summed E-state index contributed by atoms with van der Waals surface area (Å²) in [6.07, 6.45) is 0. The maximum Gasteiger partial charge on any atom is 0.338 e. The Kier molecular flexibility index (Phi) is 6.18. The summed E-state index contributed by atoms with van der Waals surface area (Å²) in [4.78, 5) is 25.1. The van der Waals surface area contributed by atoms with E-state index in [0.29, 0.717) is 37.9 Å². The molecule has 142 valence electrons. The molecular weight excluding hydrogens is 395 g/mol. The molecule has 5 heteroatoms. The van der Waals surface area contributed by atoms with Crippen molar-refractivity contribution in [3.8, 4) is 22.3 Å². The van der Waals surface area contributed by atoms with Gasteiger partial charge in [0.15, 0.2) is 5.78 Å². The summed E-state index contributed by atoms with van der Waals surface area (Å²) in [7, 11) is 0. The highest BCUT2D eigenvalue weighted by Gasteiger charge is 2.21. The number of esters is 1. The Morgan fingerprint density at radius 3 is 2.14 bits per heavy atom. The van der Waals surface area contributed by atoms with Crippen LogP contribution < -0.4 is 0 Å². The van der Waals surface area contributed by atoms with Crippen molar-refractivity contribution < 1.29 is 14.3 Å². The fraction of sp³-hybridized carbons (Fsp3) is 0.130. The lowest BCUT2D eigenvalue weighted by molar-refractivity contribution is 0.0527. The van der Waals surface area contributed by atoms with Crippen molar-refractivity contribution in [1.29, 1.82) is 0 Å². The van der Waals surface area contributed by atoms with Crippen LogP contribution in [-0.4, -0.2) is 18.4 Å². The molecule has 0 saturated heterocycles. The van der Waals surface area contributed by atoms with Crippen LogP contribution in [0, 0.1) is 0 Å². The van der Waals surface area contributed by atoms with E-state index in [1.165, 1.54) is 6.92 Å². The molecule has 0 aliphatic carbocycles. The molecule has 0 bridgehead atoms. The van der Waals surface area contributed by atoms with E-state index in [-0.39, 0.29) is 12.4 Å². The molecule has 0 N–H and O–H groups in total. The molecule has 0 amide bonds. The van der Waals surface area contributed by atoms with E-state index in [1.807, 2.05) is 30.3 Å². The van der Waals surface area contributed by atoms with E-state index >= 15 is 0 Å². The van der Waals surface area contributed by atoms with Gasteiger partial charge < -0.3 is 4.74 Å². The highest BCUT2D eigenvalue weighted by atomic mass is 35.5. The topological polar surface area (TPSA) is 43.4 Å². The second kappa shape index (κ2) is 8.59. The summed E-state index contributed by atoms with van der Waals surface area (Å²) in [5.74, 6) is -0.587. The third-order valence-electron chi connectivity index (χ3n) is 4.34. The van der Waals surface area contributed by atoms with Crippen molar-refractivity contribution in [1.82, 2.24) is 0 Å². The number of ether oxygens (including phenoxy) is 1. The van der Waals surface area contributed by atoms with Crippen LogP contribution >= 0.6 is 23.2 Å². The molecule has 3 nitrogen and oxygen atoms in total. The van der Waals surface area contributed by atoms with Crippen LogP contribution in [0.25, 0.3) is 22.3 Å². The van der Waals surface area contributed by atoms with Crippen molar-refractivity contribution in [2.45, 2.75) is 13.8 Å². The SMILES string of the molecule is CCOC(=O)c1cc(-c2ccccc2)c(C(C)=O)cc1-c1ccc(Cl)cc1Cl. The van der Waals surface area contributed by atoms with Crippen LogP contribution in [0.4, 0.5) is 0 Å². The molecule has 3 aromatic rings. The largest absolute Gasteiger partial charge is 0.462 e. The highest BCUT2D eigenvalue weighted by Crippen LogP contribution is 2.37. The fourth-order valence-electron chi connectivity index (χ4n) is 3.06. The van der Waals surface area contributed by atoms with Crippen LogP contribution in [-0.2, 0) is 4.74 Å². The van der Waals surface area contributed by atoms with E-state index in [2.05, 4.69) is 0 Å². The molecule has 3 aromatic carbocycles. The second-order valence-electron chi connectivity index (χ2n) is 6.21. The predicted octanol–water partition coefficient (Wildman–Crippen LogP) is 6.71. The number of carbonyl (C=O) groups excluding carboxylic acids is 2. The predicted molar refractivity (Wildman–Crippen MR) is 113 cm³/mol. The molecule has 0 aliphatic heterocycles. The number of benzene rings is 3. The fourth-order valence-corrected chi connectivity index (χ4v) is 3.57. The van der Waals surface area contributed by atoms with Crippen LogP contribution in [0.1, 0.15) is 34.6 Å². The minimum Gasteiger partial charge on any atom is -0.462 e. The van der Waals surface area contributed by atoms with E-state index in [4.69, 9.17) is 27.9 Å². The molecule has 3 rings (SSSR count). The lowest BCUT2D eigenvalue weighted by Gasteiger charge is -2.16. The van der Waals surface area contributed by atoms with Crippen LogP contribution in [0.15, 0.2) is 60.7 Å². The van der Waals surface area contributed by atoms with Crippen molar-refractivity contribution in [2.75, 3.05) is 6.61 Å². The average molecular weight is 413 g/mol. The number of halogens is 2. The summed E-state index contributed by atoms with van der Waals surface area (Å²) < 4.78 is 5.25. The Labute approximate surface area is 173 Å². The van der Waals surface area contributed by atoms with E-state index in [1.54, 1.807) is 37.3 Å². The summed E-state index contributed by atoms with van der Waals surface area (Å²) >= 11 is 12.4. The van der Waals surface area contributed by atoms with Gasteiger partial charge >= 0.3 is 5.97 Å². The van der Waals surface area contributed by atoms with E-state index in [9.17, 15) is 9.59 Å². The van der Waals surface area contributed by atoms with Gasteiger partial charge in [-0.15, -0.1) is 0 Å². The number of carbonyl (C=O) groups is 2. The van der Waals surface area contributed by atoms with Crippen LogP contribution in [0.2, 0.25) is 10.0 Å². The zero-order chi connectivity index (χ0) is 20.3. The Hall–Kier alpha value is -2.62. The number of Topliss-reactive ketones (excluding diaryl/α,β-unsaturated/α-hetero) is 1. The summed E-state index contributed by atoms with van der Waals surface area (Å²) in [5, 5.41) is 0.874. The van der Waals surface area contributed by atoms with Gasteiger partial charge in [-0.3, -0.25) is 4.79 Å². The lowest BCUT2D eigenvalue weighted by atomic mass is 9.89. The minimum absolute atomic E-state index is 0.111. The molecule has 0 aromatic heterocycles. The Bertz CT molecular complexity index is 1040. The highest BCUT2D eigenvalue weighted by molar-refractivity contribution is 6.36. The monoisotopic (exact) mass is 412 g/mol. The Morgan fingerprint density at radius 2 is 1.54 bits per heavy atom. The summed E-state index contributed by atoms with van der Waals surface area (Å²) in [6.45, 7) is 3.48. The summed E-state index contributed by atoms with van der Waals surface area (Å²) in [5.41, 5.74) is 3.49. The van der Waals surface area contributed by atoms with E-state index in [0.717, 1.165) is 5.56 Å². The molecule has 0 heterocycles. The normalized spacial score (nSPS) is 10.6. The first-order valence-electron chi connectivity index (χ1n) is 8.79. The molecule has 0 aliphatic rings. The quantitative estimate of drug-likeness (QED) is 0.345. The standard InChI is InChI=1S/C23H18Cl2O3/c1-3-28-23(27)21-13-19(15-7-5-4-6-8-15)18(14(2)26)12-20(21)17-10-9-16(24)11-22(17)25/h4-13H,3H2,1-2H3. The maximum absolute atomic E-state index is 12.7. The summed E-state index contributed by atoms with van der Waals surface area (Å²) in [6, 6.07) is 17.9. The molecule has 0 saturated carbocycles. The van der Waals surface area contributed by atoms with Crippen molar-refractivity contribution in [3.05, 3.63) is 81.8 Å². The van der Waals surface area contributed by atoms with Gasteiger partial charge in [0.2, 0.25) is 0 Å². The van der Waals surface area contributed by atoms with Gasteiger partial charge in [-0.05, 0) is 54.8 Å². The Morgan fingerprint density at radius 1 is 0.857 bits per heavy atom. The maximum atomic E-state index is 12.7. The number of ketones is 1. The van der Waals surface area contributed by atoms with Crippen molar-refractivity contribution in [3.63, 3.8) is 0 Å². The molecular formula is C23H18Cl2O3. The van der Waals surface area contributed by atoms with Gasteiger partial charge in [-0.25, -0.2) is 4.79 Å². The third kappa shape index (κ3) is 4.11. The number of hydrogen-bond acceptors (Lipinski definition) is 3. The Balaban J connectivity index is 2.33. The van der Waals surface area contributed by atoms with Gasteiger partial charge in [-0.1, -0.05) is 59.6 Å². The van der Waals surface area contributed by atoms with Gasteiger partial charge in [0.05, 0.1) is 12.2 Å². The zero-order valence-electron chi connectivity index (χ0n) is 15.5. The third-order valence-corrected chi connectivity index (χ3v) is 4.89. The van der Waals surface area contributed by atoms with Gasteiger partial charge in [0.25, 0.3) is 0 Å². The smallest absolute Gasteiger partial charge is 0.338 e. The van der Waals surface area contributed by atoms with E-state index < -0.39 is 5.97 Å². The van der Waals surface area contributed by atoms with Crippen molar-refractivity contribution >= 4 is 35.0 Å². The number of rotatable bonds is 5. The molecule has 0 unspecified atom stereocenters. The first-order valence-corrected chi connectivity index (χ1v) is 9.55. The minimum atomic E-state index is -0.476. The van der Waals surface area contributed by atoms with Gasteiger partial charge in [0.1, 0.15) is 0 Å². The molecule has 28 heavy (non-hydrogen) atoms. The zero-order valence-corrected chi connectivity index (χ0v) is 17.0. The second-order valence-corrected chi connectivity index (χ2v) is 7.05. The lowest BCUT2D eigenvalue weighted by Crippen LogP contribution is -2.09. The molecule has 0 fully saturated rings. The first-order chi connectivity index (χ1) is 13.4. The van der Waals surface area contributed by atoms with Crippen LogP contribution in [0.3, 0.4) is 0 Å². The molecule has 0 radical (unpaired) electrons. The van der Waals surface area contributed by atoms with Crippen molar-refractivity contribution in [2.24, 2.45) is 0 Å².